The van der Waals surface area contributed by atoms with Crippen molar-refractivity contribution in [1.82, 2.24) is 16.0 Å². The normalized spacial score (nSPS) is 11.7. The molecule has 0 saturated heterocycles. The van der Waals surface area contributed by atoms with Gasteiger partial charge in [0.05, 0.1) is 33.0 Å². The molecule has 438 valence electrons. The van der Waals surface area contributed by atoms with Crippen molar-refractivity contribution >= 4 is 74.5 Å². The summed E-state index contributed by atoms with van der Waals surface area (Å²) in [5, 5.41) is 8.22. The fraction of sp³-hybridized carbons (Fsp3) is 0.840. The van der Waals surface area contributed by atoms with Gasteiger partial charge in [0.25, 0.3) is 0 Å². The minimum Gasteiger partial charge on any atom is -0.460 e. The van der Waals surface area contributed by atoms with Gasteiger partial charge in [0.1, 0.15) is 19.8 Å². The second-order valence-electron chi connectivity index (χ2n) is 20.6. The van der Waals surface area contributed by atoms with Crippen LogP contribution in [0.25, 0.3) is 0 Å². The molecule has 3 amide bonds. The Morgan fingerprint density at radius 1 is 0.397 bits per heavy atom. The van der Waals surface area contributed by atoms with Crippen LogP contribution in [0.5, 0.6) is 0 Å². The average Bonchev–Trinajstić information content (AvgIpc) is 3.20. The Morgan fingerprint density at radius 3 is 1.08 bits per heavy atom. The predicted molar refractivity (Wildman–Crippen MR) is 319 cm³/mol. The summed E-state index contributed by atoms with van der Waals surface area (Å²) >= 11 is 0. The summed E-state index contributed by atoms with van der Waals surface area (Å²) in [5.41, 5.74) is 0.704. The van der Waals surface area contributed by atoms with Crippen molar-refractivity contribution in [2.24, 2.45) is 0 Å². The van der Waals surface area contributed by atoms with Crippen LogP contribution in [-0.4, -0.2) is 154 Å². The molecule has 0 heterocycles. The summed E-state index contributed by atoms with van der Waals surface area (Å²) in [6.45, 7) is 45.4. The fourth-order valence-corrected chi connectivity index (χ4v) is 35.6. The smallest absolute Gasteiger partial charge is 0.407 e. The van der Waals surface area contributed by atoms with Crippen molar-refractivity contribution in [2.75, 3.05) is 79.1 Å². The number of carbonyl (C=O) groups excluding carboxylic acids is 4. The van der Waals surface area contributed by atoms with E-state index in [4.69, 9.17) is 44.9 Å². The van der Waals surface area contributed by atoms with E-state index in [1.165, 1.54) is 37.8 Å². The minimum absolute atomic E-state index is 0. The molecule has 0 aliphatic rings. The Balaban J connectivity index is -0.000000292. The number of carbonyl (C=O) groups is 4. The molecule has 0 aromatic carbocycles. The number of alkyl carbamates (subject to hydrolysis) is 1. The lowest BCUT2D eigenvalue weighted by atomic mass is 10.4. The van der Waals surface area contributed by atoms with Crippen LogP contribution in [0.1, 0.15) is 95.9 Å². The van der Waals surface area contributed by atoms with Crippen LogP contribution in [0.4, 0.5) is 9.59 Å². The summed E-state index contributed by atoms with van der Waals surface area (Å²) in [4.78, 5) is 46.0. The van der Waals surface area contributed by atoms with E-state index in [1.54, 1.807) is 13.8 Å². The monoisotopic (exact) mass is 1150 g/mol. The van der Waals surface area contributed by atoms with E-state index in [0.29, 0.717) is 57.2 Å². The third kappa shape index (κ3) is 51.8. The maximum absolute atomic E-state index is 11.9. The summed E-state index contributed by atoms with van der Waals surface area (Å²) < 4.78 is 57.5. The highest BCUT2D eigenvalue weighted by Gasteiger charge is 2.40. The van der Waals surface area contributed by atoms with Gasteiger partial charge in [0.15, 0.2) is 33.3 Å². The summed E-state index contributed by atoms with van der Waals surface area (Å²) in [7, 11) is -11.4. The summed E-state index contributed by atoms with van der Waals surface area (Å²) in [6.07, 6.45) is 6.10. The zero-order valence-electron chi connectivity index (χ0n) is 46.2. The van der Waals surface area contributed by atoms with E-state index in [0.717, 1.165) is 24.9 Å². The van der Waals surface area contributed by atoms with Crippen LogP contribution in [0.2, 0.25) is 103 Å². The molecule has 0 aliphatic heterocycles. The van der Waals surface area contributed by atoms with Crippen molar-refractivity contribution in [3.05, 3.63) is 24.3 Å². The van der Waals surface area contributed by atoms with Gasteiger partial charge in [-0.05, 0) is 129 Å². The van der Waals surface area contributed by atoms with Crippen molar-refractivity contribution in [3.63, 3.8) is 0 Å². The molecular formula is C50H115N3O14Si6. The summed E-state index contributed by atoms with van der Waals surface area (Å²) in [5.74, 6) is -0.871. The van der Waals surface area contributed by atoms with Gasteiger partial charge in [-0.3, -0.25) is 0 Å². The van der Waals surface area contributed by atoms with Gasteiger partial charge in [-0.25, -0.2) is 19.2 Å². The molecule has 17 nitrogen and oxygen atoms in total. The van der Waals surface area contributed by atoms with E-state index < -0.39 is 68.4 Å². The second-order valence-corrected chi connectivity index (χ2v) is 45.5. The van der Waals surface area contributed by atoms with Gasteiger partial charge in [-0.2, -0.15) is 0 Å². The van der Waals surface area contributed by atoms with Crippen LogP contribution in [0.3, 0.4) is 0 Å². The Bertz CT molecular complexity index is 1490. The molecule has 0 aromatic heterocycles. The molecule has 0 spiro atoms. The Labute approximate surface area is 454 Å². The number of esters is 2. The van der Waals surface area contributed by atoms with Crippen LogP contribution in [0.15, 0.2) is 24.3 Å². The molecule has 0 fully saturated rings. The molecular weight excluding hydrogens is 1040 g/mol. The zero-order chi connectivity index (χ0) is 53.2. The molecule has 73 heavy (non-hydrogen) atoms. The van der Waals surface area contributed by atoms with E-state index >= 15 is 0 Å². The highest BCUT2D eigenvalue weighted by Crippen LogP contribution is 2.28. The fourth-order valence-electron chi connectivity index (χ4n) is 7.14. The topological polar surface area (TPSA) is 197 Å². The lowest BCUT2D eigenvalue weighted by Crippen LogP contribution is -2.52. The highest BCUT2D eigenvalue weighted by molar-refractivity contribution is 6.88. The average molecular weight is 1150 g/mol. The number of ether oxygens (including phenoxy) is 6. The lowest BCUT2D eigenvalue weighted by Gasteiger charge is -2.39. The molecule has 0 unspecified atom stereocenters. The van der Waals surface area contributed by atoms with E-state index in [9.17, 15) is 19.2 Å². The molecule has 0 aromatic rings. The maximum atomic E-state index is 11.9. The number of rotatable bonds is 39. The molecule has 23 heteroatoms. The molecule has 3 N–H and O–H groups in total. The molecule has 0 saturated carbocycles. The molecule has 0 aliphatic carbocycles. The number of hydrogen-bond acceptors (Lipinski definition) is 14. The standard InChI is InChI=1S/C24H51NO8Si3.C22H48N2O6Si3.4CH4/c1-10-11-20-34(4,5)32-36(8,9)33-35(6,7)21-12-14-28-17-19-31-24(27)25-13-15-29-16-18-30-23(26)22(2)3;1-10-11-18-31(4,5)29-33(8,9)30-32(6,7)19-12-13-23-22(26)24-14-15-27-16-17-28-21(25)20(2)3;;;;/h2,10-21H2,1,3-9H3,(H,25,27);2,10-19H2,1,3-9H3,(H2,23,24,26);4*1H4. The first-order valence-corrected chi connectivity index (χ1v) is 43.1. The first-order valence-electron chi connectivity index (χ1n) is 25.0. The van der Waals surface area contributed by atoms with Crippen LogP contribution >= 0.6 is 0 Å². The van der Waals surface area contributed by atoms with Crippen molar-refractivity contribution in [2.45, 2.75) is 199 Å². The molecule has 0 atom stereocenters. The third-order valence-electron chi connectivity index (χ3n) is 9.79. The van der Waals surface area contributed by atoms with Gasteiger partial charge in [0.2, 0.25) is 0 Å². The van der Waals surface area contributed by atoms with Gasteiger partial charge >= 0.3 is 41.2 Å². The van der Waals surface area contributed by atoms with Crippen LogP contribution < -0.4 is 16.0 Å². The lowest BCUT2D eigenvalue weighted by molar-refractivity contribution is -0.141. The van der Waals surface area contributed by atoms with Crippen molar-refractivity contribution < 1.29 is 64.1 Å². The predicted octanol–water partition coefficient (Wildman–Crippen LogP) is 12.5. The van der Waals surface area contributed by atoms with Crippen LogP contribution in [0, 0.1) is 0 Å². The van der Waals surface area contributed by atoms with Gasteiger partial charge in [0, 0.05) is 37.4 Å². The second kappa shape index (κ2) is 44.0. The third-order valence-corrected chi connectivity index (χ3v) is 32.7. The Hall–Kier alpha value is -2.02. The van der Waals surface area contributed by atoms with E-state index in [2.05, 4.69) is 122 Å². The molecule has 0 radical (unpaired) electrons. The first-order chi connectivity index (χ1) is 31.9. The largest absolute Gasteiger partial charge is 0.460 e. The van der Waals surface area contributed by atoms with Gasteiger partial charge < -0.3 is 60.8 Å². The highest BCUT2D eigenvalue weighted by atomic mass is 28.5. The van der Waals surface area contributed by atoms with Crippen molar-refractivity contribution in [3.8, 4) is 0 Å². The van der Waals surface area contributed by atoms with Gasteiger partial charge in [-0.15, -0.1) is 0 Å². The van der Waals surface area contributed by atoms with E-state index in [-0.39, 0.29) is 68.8 Å². The number of nitrogens with one attached hydrogen (secondary N) is 3. The molecule has 0 bridgehead atoms. The number of amides is 3. The quantitative estimate of drug-likeness (QED) is 0.0173. The maximum Gasteiger partial charge on any atom is 0.407 e. The first kappa shape index (κ1) is 82.3. The Kier molecular flexibility index (Phi) is 49.6. The Morgan fingerprint density at radius 2 is 0.712 bits per heavy atom. The van der Waals surface area contributed by atoms with Crippen LogP contribution in [-0.2, 0) is 54.5 Å². The minimum atomic E-state index is -2.17. The van der Waals surface area contributed by atoms with E-state index in [1.807, 2.05) is 0 Å². The number of unbranched alkanes of at least 4 members (excludes halogenated alkanes) is 2. The van der Waals surface area contributed by atoms with Crippen molar-refractivity contribution in [1.29, 1.82) is 0 Å². The van der Waals surface area contributed by atoms with Gasteiger partial charge in [-0.1, -0.05) is 82.4 Å². The SMILES string of the molecule is C.C.C.C.C=C(C)C(=O)OCCOCCNC(=O)NCCC[Si](C)(C)O[Si](C)(C)O[Si](C)(C)CCCC.C=C(C)C(=O)OCCOCCNC(=O)OCCOCCC[Si](C)(C)O[Si](C)(C)O[Si](C)(C)CCCC. The number of hydrogen-bond donors (Lipinski definition) is 3. The molecule has 0 rings (SSSR count). The number of urea groups is 1. The zero-order valence-corrected chi connectivity index (χ0v) is 52.2. The summed E-state index contributed by atoms with van der Waals surface area (Å²) in [6, 6.07) is 4.11.